The van der Waals surface area contributed by atoms with E-state index in [2.05, 4.69) is 5.32 Å². The van der Waals surface area contributed by atoms with E-state index in [-0.39, 0.29) is 18.6 Å². The SMILES string of the molecule is CCN(Cc1ccc2c(c1)OCO2)C(=O)CCCNC(=O)c1ccc(OC)cc1. The van der Waals surface area contributed by atoms with Crippen molar-refractivity contribution in [1.29, 1.82) is 0 Å². The molecule has 0 spiro atoms. The van der Waals surface area contributed by atoms with Gasteiger partial charge in [-0.3, -0.25) is 9.59 Å². The Bertz CT molecular complexity index is 851. The van der Waals surface area contributed by atoms with Gasteiger partial charge in [0, 0.05) is 31.6 Å². The summed E-state index contributed by atoms with van der Waals surface area (Å²) in [6.45, 7) is 3.77. The van der Waals surface area contributed by atoms with Crippen LogP contribution in [0, 0.1) is 0 Å². The molecule has 0 atom stereocenters. The number of benzene rings is 2. The molecule has 154 valence electrons. The van der Waals surface area contributed by atoms with Crippen molar-refractivity contribution < 1.29 is 23.8 Å². The molecule has 0 saturated carbocycles. The molecule has 3 rings (SSSR count). The third-order valence-electron chi connectivity index (χ3n) is 4.75. The lowest BCUT2D eigenvalue weighted by molar-refractivity contribution is -0.131. The second kappa shape index (κ2) is 9.82. The average molecular weight is 398 g/mol. The number of nitrogens with zero attached hydrogens (tertiary/aromatic N) is 1. The first-order valence-electron chi connectivity index (χ1n) is 9.69. The molecule has 2 aromatic rings. The van der Waals surface area contributed by atoms with Gasteiger partial charge in [0.25, 0.3) is 5.91 Å². The van der Waals surface area contributed by atoms with E-state index >= 15 is 0 Å². The summed E-state index contributed by atoms with van der Waals surface area (Å²) in [5.74, 6) is 2.05. The van der Waals surface area contributed by atoms with Crippen molar-refractivity contribution >= 4 is 11.8 Å². The van der Waals surface area contributed by atoms with Gasteiger partial charge in [0.2, 0.25) is 12.7 Å². The lowest BCUT2D eigenvalue weighted by Crippen LogP contribution is -2.31. The van der Waals surface area contributed by atoms with E-state index in [9.17, 15) is 9.59 Å². The van der Waals surface area contributed by atoms with E-state index in [1.807, 2.05) is 25.1 Å². The van der Waals surface area contributed by atoms with E-state index in [0.717, 1.165) is 11.3 Å². The molecule has 0 unspecified atom stereocenters. The fraction of sp³-hybridized carbons (Fsp3) is 0.364. The second-order valence-corrected chi connectivity index (χ2v) is 6.68. The van der Waals surface area contributed by atoms with Crippen molar-refractivity contribution in [2.24, 2.45) is 0 Å². The number of carbonyl (C=O) groups is 2. The minimum Gasteiger partial charge on any atom is -0.497 e. The summed E-state index contributed by atoms with van der Waals surface area (Å²) < 4.78 is 15.8. The third-order valence-corrected chi connectivity index (χ3v) is 4.75. The predicted octanol–water partition coefficient (Wildman–Crippen LogP) is 2.98. The minimum absolute atomic E-state index is 0.0591. The molecule has 7 nitrogen and oxygen atoms in total. The minimum atomic E-state index is -0.159. The normalized spacial score (nSPS) is 11.8. The summed E-state index contributed by atoms with van der Waals surface area (Å²) in [7, 11) is 1.58. The van der Waals surface area contributed by atoms with Gasteiger partial charge in [-0.2, -0.15) is 0 Å². The van der Waals surface area contributed by atoms with E-state index in [4.69, 9.17) is 14.2 Å². The molecule has 0 aromatic heterocycles. The molecule has 1 N–H and O–H groups in total. The second-order valence-electron chi connectivity index (χ2n) is 6.68. The highest BCUT2D eigenvalue weighted by Crippen LogP contribution is 2.32. The maximum Gasteiger partial charge on any atom is 0.251 e. The standard InChI is InChI=1S/C22H26N2O5/c1-3-24(14-16-6-11-19-20(13-16)29-15-28-19)21(25)5-4-12-23-22(26)17-7-9-18(27-2)10-8-17/h6-11,13H,3-5,12,14-15H2,1-2H3,(H,23,26). The maximum absolute atomic E-state index is 12.5. The van der Waals surface area contributed by atoms with Crippen molar-refractivity contribution in [1.82, 2.24) is 10.2 Å². The Morgan fingerprint density at radius 1 is 1.10 bits per heavy atom. The number of fused-ring (bicyclic) bond motifs is 1. The number of methoxy groups -OCH3 is 1. The summed E-state index contributed by atoms with van der Waals surface area (Å²) in [6, 6.07) is 12.6. The molecule has 0 bridgehead atoms. The maximum atomic E-state index is 12.5. The van der Waals surface area contributed by atoms with Gasteiger partial charge < -0.3 is 24.4 Å². The summed E-state index contributed by atoms with van der Waals surface area (Å²) >= 11 is 0. The van der Waals surface area contributed by atoms with Crippen LogP contribution < -0.4 is 19.5 Å². The molecule has 7 heteroatoms. The Labute approximate surface area is 170 Å². The van der Waals surface area contributed by atoms with Gasteiger partial charge in [0.1, 0.15) is 5.75 Å². The number of hydrogen-bond donors (Lipinski definition) is 1. The van der Waals surface area contributed by atoms with Crippen LogP contribution in [0.15, 0.2) is 42.5 Å². The molecule has 0 saturated heterocycles. The van der Waals surface area contributed by atoms with Gasteiger partial charge in [-0.15, -0.1) is 0 Å². The fourth-order valence-electron chi connectivity index (χ4n) is 3.08. The van der Waals surface area contributed by atoms with E-state index in [1.54, 1.807) is 36.3 Å². The molecule has 0 aliphatic carbocycles. The Morgan fingerprint density at radius 2 is 1.86 bits per heavy atom. The molecular formula is C22H26N2O5. The number of hydrogen-bond acceptors (Lipinski definition) is 5. The summed E-state index contributed by atoms with van der Waals surface area (Å²) in [6.07, 6.45) is 0.958. The zero-order valence-electron chi connectivity index (χ0n) is 16.8. The molecule has 0 fully saturated rings. The first-order chi connectivity index (χ1) is 14.1. The van der Waals surface area contributed by atoms with Gasteiger partial charge in [-0.05, 0) is 55.3 Å². The molecule has 2 aromatic carbocycles. The van der Waals surface area contributed by atoms with Crippen molar-refractivity contribution in [2.45, 2.75) is 26.3 Å². The Kier molecular flexibility index (Phi) is 6.94. The Morgan fingerprint density at radius 3 is 2.59 bits per heavy atom. The number of carbonyl (C=O) groups excluding carboxylic acids is 2. The van der Waals surface area contributed by atoms with Crippen LogP contribution in [-0.4, -0.2) is 43.7 Å². The zero-order valence-corrected chi connectivity index (χ0v) is 16.8. The molecule has 29 heavy (non-hydrogen) atoms. The largest absolute Gasteiger partial charge is 0.497 e. The quantitative estimate of drug-likeness (QED) is 0.657. The molecular weight excluding hydrogens is 372 g/mol. The smallest absolute Gasteiger partial charge is 0.251 e. The van der Waals surface area contributed by atoms with Gasteiger partial charge in [-0.1, -0.05) is 6.07 Å². The summed E-state index contributed by atoms with van der Waals surface area (Å²) in [5.41, 5.74) is 1.56. The lowest BCUT2D eigenvalue weighted by Gasteiger charge is -2.21. The molecule has 2 amide bonds. The summed E-state index contributed by atoms with van der Waals surface area (Å²) in [4.78, 5) is 26.5. The molecule has 1 aliphatic rings. The Hall–Kier alpha value is -3.22. The number of ether oxygens (including phenoxy) is 3. The van der Waals surface area contributed by atoms with Crippen LogP contribution in [0.4, 0.5) is 0 Å². The highest BCUT2D eigenvalue weighted by atomic mass is 16.7. The zero-order chi connectivity index (χ0) is 20.6. The van der Waals surface area contributed by atoms with Crippen LogP contribution in [-0.2, 0) is 11.3 Å². The van der Waals surface area contributed by atoms with E-state index in [0.29, 0.717) is 49.5 Å². The number of nitrogens with one attached hydrogen (secondary N) is 1. The lowest BCUT2D eigenvalue weighted by atomic mass is 10.1. The van der Waals surface area contributed by atoms with Crippen molar-refractivity contribution in [2.75, 3.05) is 27.0 Å². The Balaban J connectivity index is 1.43. The number of rotatable bonds is 9. The van der Waals surface area contributed by atoms with Crippen LogP contribution in [0.25, 0.3) is 0 Å². The first kappa shape index (κ1) is 20.5. The van der Waals surface area contributed by atoms with Crippen LogP contribution in [0.2, 0.25) is 0 Å². The topological polar surface area (TPSA) is 77.1 Å². The van der Waals surface area contributed by atoms with Gasteiger partial charge >= 0.3 is 0 Å². The van der Waals surface area contributed by atoms with Crippen LogP contribution in [0.5, 0.6) is 17.2 Å². The van der Waals surface area contributed by atoms with Gasteiger partial charge in [-0.25, -0.2) is 0 Å². The van der Waals surface area contributed by atoms with Crippen LogP contribution >= 0.6 is 0 Å². The first-order valence-corrected chi connectivity index (χ1v) is 9.69. The molecule has 1 heterocycles. The van der Waals surface area contributed by atoms with Crippen LogP contribution in [0.1, 0.15) is 35.7 Å². The van der Waals surface area contributed by atoms with Gasteiger partial charge in [0.05, 0.1) is 7.11 Å². The van der Waals surface area contributed by atoms with Crippen molar-refractivity contribution in [3.63, 3.8) is 0 Å². The van der Waals surface area contributed by atoms with Crippen molar-refractivity contribution in [3.8, 4) is 17.2 Å². The predicted molar refractivity (Wildman–Crippen MR) is 108 cm³/mol. The molecule has 0 radical (unpaired) electrons. The monoisotopic (exact) mass is 398 g/mol. The number of amides is 2. The highest BCUT2D eigenvalue weighted by molar-refractivity contribution is 5.94. The van der Waals surface area contributed by atoms with Gasteiger partial charge in [0.15, 0.2) is 11.5 Å². The van der Waals surface area contributed by atoms with Crippen LogP contribution in [0.3, 0.4) is 0 Å². The fourth-order valence-corrected chi connectivity index (χ4v) is 3.08. The molecule has 1 aliphatic heterocycles. The average Bonchev–Trinajstić information content (AvgIpc) is 3.22. The van der Waals surface area contributed by atoms with E-state index < -0.39 is 0 Å². The third kappa shape index (κ3) is 5.40. The highest BCUT2D eigenvalue weighted by Gasteiger charge is 2.16. The summed E-state index contributed by atoms with van der Waals surface area (Å²) in [5, 5.41) is 2.85. The van der Waals surface area contributed by atoms with E-state index in [1.165, 1.54) is 0 Å². The van der Waals surface area contributed by atoms with Crippen molar-refractivity contribution in [3.05, 3.63) is 53.6 Å².